The van der Waals surface area contributed by atoms with Crippen molar-refractivity contribution in [3.05, 3.63) is 0 Å². The van der Waals surface area contributed by atoms with Crippen molar-refractivity contribution < 1.29 is 29.0 Å². The third-order valence-electron chi connectivity index (χ3n) is 6.33. The van der Waals surface area contributed by atoms with Crippen LogP contribution in [0.3, 0.4) is 0 Å². The lowest BCUT2D eigenvalue weighted by atomic mass is 9.71. The molecule has 3 unspecified atom stereocenters. The molecule has 2 aliphatic heterocycles. The predicted molar refractivity (Wildman–Crippen MR) is 100 cm³/mol. The third-order valence-corrected chi connectivity index (χ3v) is 6.33. The third kappa shape index (κ3) is 5.06. The Labute approximate surface area is 165 Å². The van der Waals surface area contributed by atoms with Gasteiger partial charge in [-0.3, -0.25) is 24.1 Å². The summed E-state index contributed by atoms with van der Waals surface area (Å²) in [5, 5.41) is 10.6. The first-order valence-electron chi connectivity index (χ1n) is 10.5. The van der Waals surface area contributed by atoms with Crippen molar-refractivity contribution in [3.8, 4) is 0 Å². The van der Waals surface area contributed by atoms with E-state index in [1.54, 1.807) is 0 Å². The second kappa shape index (κ2) is 8.82. The predicted octanol–water partition coefficient (Wildman–Crippen LogP) is 1.50. The minimum atomic E-state index is -0.800. The van der Waals surface area contributed by atoms with Crippen LogP contribution in [-0.4, -0.2) is 58.7 Å². The van der Waals surface area contributed by atoms with Crippen molar-refractivity contribution >= 4 is 23.4 Å². The lowest BCUT2D eigenvalue weighted by Crippen LogP contribution is -2.45. The summed E-state index contributed by atoms with van der Waals surface area (Å²) in [4.78, 5) is 50.1. The standard InChI is InChI=1S/C21H31NO6/c1-12-6-13(2)21(27)15(7-12)17(24)8-14-9-19(25)22(20(26)10-14)5-3-4-16(23)18-11-28-18/h12-15,17-18,24H,3-11H2,1-2H3/t12-,13?,15?,17+,18?/m0/s1. The molecule has 0 aromatic rings. The molecule has 5 atom stereocenters. The quantitative estimate of drug-likeness (QED) is 0.495. The zero-order valence-electron chi connectivity index (χ0n) is 16.8. The molecule has 1 aliphatic carbocycles. The van der Waals surface area contributed by atoms with Crippen molar-refractivity contribution in [3.63, 3.8) is 0 Å². The second-order valence-corrected chi connectivity index (χ2v) is 8.89. The number of hydrogen-bond donors (Lipinski definition) is 1. The number of aliphatic hydroxyl groups excluding tert-OH is 1. The Morgan fingerprint density at radius 2 is 1.82 bits per heavy atom. The number of ether oxygens (including phenoxy) is 1. The van der Waals surface area contributed by atoms with Gasteiger partial charge in [0.25, 0.3) is 0 Å². The molecule has 0 radical (unpaired) electrons. The Hall–Kier alpha value is -1.60. The summed E-state index contributed by atoms with van der Waals surface area (Å²) < 4.78 is 4.93. The summed E-state index contributed by atoms with van der Waals surface area (Å²) in [6.45, 7) is 4.73. The first kappa shape index (κ1) is 21.1. The van der Waals surface area contributed by atoms with Crippen LogP contribution < -0.4 is 0 Å². The van der Waals surface area contributed by atoms with Crippen LogP contribution in [0.2, 0.25) is 0 Å². The number of hydrogen-bond acceptors (Lipinski definition) is 6. The summed E-state index contributed by atoms with van der Waals surface area (Å²) in [5.41, 5.74) is 0. The summed E-state index contributed by atoms with van der Waals surface area (Å²) >= 11 is 0. The molecule has 0 aromatic heterocycles. The number of carbonyl (C=O) groups is 4. The van der Waals surface area contributed by atoms with E-state index < -0.39 is 12.0 Å². The lowest BCUT2D eigenvalue weighted by Gasteiger charge is -2.36. The van der Waals surface area contributed by atoms with Crippen molar-refractivity contribution in [2.45, 2.75) is 71.0 Å². The van der Waals surface area contributed by atoms with Crippen LogP contribution in [0.1, 0.15) is 58.8 Å². The number of ketones is 2. The Morgan fingerprint density at radius 1 is 1.18 bits per heavy atom. The molecule has 0 aromatic carbocycles. The van der Waals surface area contributed by atoms with E-state index in [0.29, 0.717) is 38.2 Å². The topological polar surface area (TPSA) is 104 Å². The van der Waals surface area contributed by atoms with Crippen LogP contribution in [0, 0.1) is 23.7 Å². The minimum Gasteiger partial charge on any atom is -0.392 e. The number of carbonyl (C=O) groups excluding carboxylic acids is 4. The first-order chi connectivity index (χ1) is 13.3. The molecule has 0 bridgehead atoms. The van der Waals surface area contributed by atoms with Gasteiger partial charge in [0.05, 0.1) is 12.7 Å². The number of Topliss-reactive ketones (excluding diaryl/α,β-unsaturated/α-hetero) is 2. The molecule has 7 heteroatoms. The Kier molecular flexibility index (Phi) is 6.65. The van der Waals surface area contributed by atoms with Gasteiger partial charge in [-0.1, -0.05) is 13.8 Å². The van der Waals surface area contributed by atoms with E-state index in [2.05, 4.69) is 6.92 Å². The van der Waals surface area contributed by atoms with E-state index in [9.17, 15) is 24.3 Å². The highest BCUT2D eigenvalue weighted by molar-refractivity contribution is 5.98. The second-order valence-electron chi connectivity index (χ2n) is 8.89. The summed E-state index contributed by atoms with van der Waals surface area (Å²) in [5.74, 6) is -0.645. The largest absolute Gasteiger partial charge is 0.392 e. The van der Waals surface area contributed by atoms with E-state index in [0.717, 1.165) is 6.42 Å². The maximum absolute atomic E-state index is 12.4. The maximum atomic E-state index is 12.4. The molecule has 2 saturated heterocycles. The van der Waals surface area contributed by atoms with Crippen molar-refractivity contribution in [1.29, 1.82) is 0 Å². The molecular weight excluding hydrogens is 362 g/mol. The van der Waals surface area contributed by atoms with E-state index in [1.807, 2.05) is 6.92 Å². The average Bonchev–Trinajstić information content (AvgIpc) is 3.45. The van der Waals surface area contributed by atoms with Gasteiger partial charge in [0.2, 0.25) is 11.8 Å². The van der Waals surface area contributed by atoms with Crippen molar-refractivity contribution in [2.24, 2.45) is 23.7 Å². The molecule has 1 N–H and O–H groups in total. The molecule has 156 valence electrons. The summed E-state index contributed by atoms with van der Waals surface area (Å²) in [6.07, 6.45) is 1.91. The molecular formula is C21H31NO6. The number of epoxide rings is 1. The average molecular weight is 393 g/mol. The lowest BCUT2D eigenvalue weighted by molar-refractivity contribution is -0.151. The van der Waals surface area contributed by atoms with Gasteiger partial charge in [-0.05, 0) is 37.5 Å². The number of amides is 2. The minimum absolute atomic E-state index is 0.0264. The van der Waals surface area contributed by atoms with Gasteiger partial charge in [-0.2, -0.15) is 0 Å². The van der Waals surface area contributed by atoms with E-state index in [-0.39, 0.29) is 60.7 Å². The van der Waals surface area contributed by atoms with Crippen LogP contribution in [0.15, 0.2) is 0 Å². The monoisotopic (exact) mass is 393 g/mol. The Morgan fingerprint density at radius 3 is 2.43 bits per heavy atom. The van der Waals surface area contributed by atoms with Crippen LogP contribution in [0.5, 0.6) is 0 Å². The number of rotatable bonds is 8. The highest BCUT2D eigenvalue weighted by Gasteiger charge is 2.39. The van der Waals surface area contributed by atoms with Gasteiger partial charge in [-0.25, -0.2) is 0 Å². The number of aliphatic hydroxyl groups is 1. The number of imide groups is 1. The maximum Gasteiger partial charge on any atom is 0.229 e. The summed E-state index contributed by atoms with van der Waals surface area (Å²) in [7, 11) is 0. The molecule has 28 heavy (non-hydrogen) atoms. The van der Waals surface area contributed by atoms with Crippen LogP contribution in [0.4, 0.5) is 0 Å². The van der Waals surface area contributed by atoms with E-state index >= 15 is 0 Å². The first-order valence-corrected chi connectivity index (χ1v) is 10.5. The Balaban J connectivity index is 1.47. The van der Waals surface area contributed by atoms with Gasteiger partial charge in [0.15, 0.2) is 5.78 Å². The molecule has 7 nitrogen and oxygen atoms in total. The summed E-state index contributed by atoms with van der Waals surface area (Å²) in [6, 6.07) is 0. The van der Waals surface area contributed by atoms with Gasteiger partial charge < -0.3 is 9.84 Å². The molecule has 2 heterocycles. The van der Waals surface area contributed by atoms with E-state index in [4.69, 9.17) is 4.74 Å². The molecule has 0 spiro atoms. The molecule has 3 rings (SSSR count). The van der Waals surface area contributed by atoms with Crippen LogP contribution >= 0.6 is 0 Å². The molecule has 3 aliphatic rings. The van der Waals surface area contributed by atoms with Gasteiger partial charge in [-0.15, -0.1) is 0 Å². The Bertz CT molecular complexity index is 625. The number of nitrogens with zero attached hydrogens (tertiary/aromatic N) is 1. The fraction of sp³-hybridized carbons (Fsp3) is 0.810. The molecule has 3 fully saturated rings. The van der Waals surface area contributed by atoms with Gasteiger partial charge in [0.1, 0.15) is 11.9 Å². The van der Waals surface area contributed by atoms with E-state index in [1.165, 1.54) is 4.90 Å². The zero-order valence-corrected chi connectivity index (χ0v) is 16.8. The number of piperidine rings is 1. The fourth-order valence-corrected chi connectivity index (χ4v) is 4.73. The normalized spacial score (nSPS) is 32.5. The van der Waals surface area contributed by atoms with Crippen molar-refractivity contribution in [1.82, 2.24) is 4.90 Å². The molecule has 1 saturated carbocycles. The fourth-order valence-electron chi connectivity index (χ4n) is 4.73. The zero-order chi connectivity index (χ0) is 20.4. The number of likely N-dealkylation sites (tertiary alicyclic amines) is 1. The van der Waals surface area contributed by atoms with Crippen LogP contribution in [0.25, 0.3) is 0 Å². The SMILES string of the molecule is CC1C[C@H](C)CC([C@H](O)CC2CC(=O)N(CCCC(=O)C3CO3)C(=O)C2)C1=O. The van der Waals surface area contributed by atoms with Gasteiger partial charge >= 0.3 is 0 Å². The smallest absolute Gasteiger partial charge is 0.229 e. The van der Waals surface area contributed by atoms with Crippen molar-refractivity contribution in [2.75, 3.05) is 13.2 Å². The highest BCUT2D eigenvalue weighted by Crippen LogP contribution is 2.35. The highest BCUT2D eigenvalue weighted by atomic mass is 16.6. The van der Waals surface area contributed by atoms with Crippen LogP contribution in [-0.2, 0) is 23.9 Å². The molecule has 2 amide bonds. The van der Waals surface area contributed by atoms with Gasteiger partial charge in [0, 0.05) is 37.6 Å².